The molecule has 2 aromatic rings. The maximum atomic E-state index is 13.2. The van der Waals surface area contributed by atoms with E-state index in [2.05, 4.69) is 10.6 Å². The molecule has 0 spiro atoms. The van der Waals surface area contributed by atoms with Gasteiger partial charge in [0.15, 0.2) is 0 Å². The van der Waals surface area contributed by atoms with Gasteiger partial charge in [-0.3, -0.25) is 14.4 Å². The van der Waals surface area contributed by atoms with E-state index in [9.17, 15) is 14.4 Å². The lowest BCUT2D eigenvalue weighted by Gasteiger charge is -2.29. The molecule has 0 unspecified atom stereocenters. The predicted octanol–water partition coefficient (Wildman–Crippen LogP) is 4.10. The summed E-state index contributed by atoms with van der Waals surface area (Å²) >= 11 is 0. The Bertz CT molecular complexity index is 964. The molecule has 33 heavy (non-hydrogen) atoms. The lowest BCUT2D eigenvalue weighted by Crippen LogP contribution is -2.51. The normalized spacial score (nSPS) is 14.8. The molecule has 0 aliphatic carbocycles. The zero-order valence-electron chi connectivity index (χ0n) is 19.6. The molecule has 2 N–H and O–H groups in total. The van der Waals surface area contributed by atoms with Crippen molar-refractivity contribution in [1.82, 2.24) is 10.2 Å². The fourth-order valence-electron chi connectivity index (χ4n) is 3.95. The smallest absolute Gasteiger partial charge is 0.255 e. The number of hydrogen-bond acceptors (Lipinski definition) is 4. The van der Waals surface area contributed by atoms with Crippen LogP contribution in [0.25, 0.3) is 0 Å². The Kier molecular flexibility index (Phi) is 8.46. The second-order valence-corrected chi connectivity index (χ2v) is 8.66. The van der Waals surface area contributed by atoms with Crippen LogP contribution >= 0.6 is 0 Å². The molecule has 1 heterocycles. The maximum absolute atomic E-state index is 13.2. The Morgan fingerprint density at radius 2 is 1.52 bits per heavy atom. The number of anilines is 1. The van der Waals surface area contributed by atoms with Crippen molar-refractivity contribution in [3.63, 3.8) is 0 Å². The van der Waals surface area contributed by atoms with Crippen LogP contribution in [0.2, 0.25) is 0 Å². The second kappa shape index (κ2) is 11.5. The monoisotopic (exact) mass is 451 g/mol. The van der Waals surface area contributed by atoms with Gasteiger partial charge in [0, 0.05) is 18.7 Å². The first-order chi connectivity index (χ1) is 15.9. The highest BCUT2D eigenvalue weighted by atomic mass is 16.5. The molecule has 1 fully saturated rings. The standard InChI is InChI=1S/C26H33N3O4/c1-18(2)23(26(32)29-16-8-4-5-9-17-29)28-25(31)21-10-6-7-11-22(21)27-24(30)19-12-14-20(33-3)15-13-19/h6-7,10-15,18,23H,4-5,8-9,16-17H2,1-3H3,(H,27,30)(H,28,31)/t23-/m0/s1. The highest BCUT2D eigenvalue weighted by Crippen LogP contribution is 2.19. The van der Waals surface area contributed by atoms with Crippen LogP contribution in [0.3, 0.4) is 0 Å². The van der Waals surface area contributed by atoms with E-state index in [4.69, 9.17) is 4.74 Å². The first kappa shape index (κ1) is 24.3. The highest BCUT2D eigenvalue weighted by Gasteiger charge is 2.30. The number of rotatable bonds is 7. The third-order valence-electron chi connectivity index (χ3n) is 5.91. The fraction of sp³-hybridized carbons (Fsp3) is 0.423. The minimum absolute atomic E-state index is 0.0417. The zero-order valence-corrected chi connectivity index (χ0v) is 19.6. The van der Waals surface area contributed by atoms with Crippen molar-refractivity contribution in [3.8, 4) is 5.75 Å². The number of nitrogens with one attached hydrogen (secondary N) is 2. The second-order valence-electron chi connectivity index (χ2n) is 8.66. The van der Waals surface area contributed by atoms with Crippen LogP contribution in [0.5, 0.6) is 5.75 Å². The van der Waals surface area contributed by atoms with Crippen LogP contribution in [0.1, 0.15) is 60.2 Å². The molecule has 1 aliphatic rings. The Morgan fingerprint density at radius 3 is 2.12 bits per heavy atom. The summed E-state index contributed by atoms with van der Waals surface area (Å²) in [6, 6.07) is 12.9. The molecule has 176 valence electrons. The van der Waals surface area contributed by atoms with Crippen molar-refractivity contribution in [1.29, 1.82) is 0 Å². The summed E-state index contributed by atoms with van der Waals surface area (Å²) in [5.74, 6) is -0.174. The first-order valence-electron chi connectivity index (χ1n) is 11.5. The lowest BCUT2D eigenvalue weighted by molar-refractivity contribution is -0.134. The number of methoxy groups -OCH3 is 1. The number of benzene rings is 2. The molecule has 7 heteroatoms. The van der Waals surface area contributed by atoms with Crippen molar-refractivity contribution in [2.75, 3.05) is 25.5 Å². The number of para-hydroxylation sites is 1. The van der Waals surface area contributed by atoms with E-state index in [0.717, 1.165) is 38.8 Å². The van der Waals surface area contributed by atoms with Gasteiger partial charge in [-0.25, -0.2) is 0 Å². The number of amides is 3. The van der Waals surface area contributed by atoms with Crippen LogP contribution < -0.4 is 15.4 Å². The Hall–Kier alpha value is -3.35. The quantitative estimate of drug-likeness (QED) is 0.663. The average Bonchev–Trinajstić information content (AvgIpc) is 3.12. The molecular formula is C26H33N3O4. The number of carbonyl (C=O) groups excluding carboxylic acids is 3. The first-order valence-corrected chi connectivity index (χ1v) is 11.5. The summed E-state index contributed by atoms with van der Waals surface area (Å²) in [6.45, 7) is 5.31. The number of nitrogens with zero attached hydrogens (tertiary/aromatic N) is 1. The molecule has 0 aromatic heterocycles. The van der Waals surface area contributed by atoms with Crippen molar-refractivity contribution < 1.29 is 19.1 Å². The van der Waals surface area contributed by atoms with Gasteiger partial charge in [-0.1, -0.05) is 38.8 Å². The average molecular weight is 452 g/mol. The molecule has 0 saturated carbocycles. The summed E-state index contributed by atoms with van der Waals surface area (Å²) in [6.07, 6.45) is 4.24. The topological polar surface area (TPSA) is 87.7 Å². The maximum Gasteiger partial charge on any atom is 0.255 e. The Balaban J connectivity index is 1.74. The third-order valence-corrected chi connectivity index (χ3v) is 5.91. The fourth-order valence-corrected chi connectivity index (χ4v) is 3.95. The van der Waals surface area contributed by atoms with E-state index in [1.54, 1.807) is 55.6 Å². The van der Waals surface area contributed by atoms with Gasteiger partial charge in [0.2, 0.25) is 5.91 Å². The molecule has 0 bridgehead atoms. The largest absolute Gasteiger partial charge is 0.497 e. The summed E-state index contributed by atoms with van der Waals surface area (Å²) in [5.41, 5.74) is 1.15. The number of ether oxygens (including phenoxy) is 1. The molecule has 0 radical (unpaired) electrons. The van der Waals surface area contributed by atoms with Crippen LogP contribution in [0, 0.1) is 5.92 Å². The molecule has 2 aromatic carbocycles. The van der Waals surface area contributed by atoms with Gasteiger partial charge in [0.1, 0.15) is 11.8 Å². The molecule has 3 amide bonds. The predicted molar refractivity (Wildman–Crippen MR) is 129 cm³/mol. The van der Waals surface area contributed by atoms with E-state index >= 15 is 0 Å². The SMILES string of the molecule is COc1ccc(C(=O)Nc2ccccc2C(=O)N[C@H](C(=O)N2CCCCCC2)C(C)C)cc1. The number of likely N-dealkylation sites (tertiary alicyclic amines) is 1. The minimum atomic E-state index is -0.624. The zero-order chi connectivity index (χ0) is 23.8. The number of carbonyl (C=O) groups is 3. The molecule has 7 nitrogen and oxygen atoms in total. The van der Waals surface area contributed by atoms with Crippen LogP contribution in [0.4, 0.5) is 5.69 Å². The van der Waals surface area contributed by atoms with E-state index in [0.29, 0.717) is 22.6 Å². The highest BCUT2D eigenvalue weighted by molar-refractivity contribution is 6.09. The van der Waals surface area contributed by atoms with Crippen molar-refractivity contribution in [3.05, 3.63) is 59.7 Å². The van der Waals surface area contributed by atoms with Crippen LogP contribution in [-0.2, 0) is 4.79 Å². The Labute approximate surface area is 195 Å². The molecule has 1 aliphatic heterocycles. The van der Waals surface area contributed by atoms with Crippen molar-refractivity contribution in [2.45, 2.75) is 45.6 Å². The summed E-state index contributed by atoms with van der Waals surface area (Å²) in [5, 5.41) is 5.73. The lowest BCUT2D eigenvalue weighted by atomic mass is 10.0. The Morgan fingerprint density at radius 1 is 0.879 bits per heavy atom. The van der Waals surface area contributed by atoms with Gasteiger partial charge in [-0.2, -0.15) is 0 Å². The summed E-state index contributed by atoms with van der Waals surface area (Å²) in [7, 11) is 1.56. The third kappa shape index (κ3) is 6.34. The van der Waals surface area contributed by atoms with Gasteiger partial charge in [0.25, 0.3) is 11.8 Å². The van der Waals surface area contributed by atoms with Gasteiger partial charge >= 0.3 is 0 Å². The number of hydrogen-bond donors (Lipinski definition) is 2. The van der Waals surface area contributed by atoms with Crippen LogP contribution in [-0.4, -0.2) is 48.9 Å². The van der Waals surface area contributed by atoms with Crippen molar-refractivity contribution in [2.24, 2.45) is 5.92 Å². The molecular weight excluding hydrogens is 418 g/mol. The van der Waals surface area contributed by atoms with Crippen molar-refractivity contribution >= 4 is 23.4 Å². The van der Waals surface area contributed by atoms with Gasteiger partial charge in [-0.05, 0) is 55.2 Å². The van der Waals surface area contributed by atoms with E-state index in [1.165, 1.54) is 0 Å². The molecule has 1 saturated heterocycles. The van der Waals surface area contributed by atoms with Gasteiger partial charge in [0.05, 0.1) is 18.4 Å². The van der Waals surface area contributed by atoms with Gasteiger partial charge in [-0.15, -0.1) is 0 Å². The summed E-state index contributed by atoms with van der Waals surface area (Å²) < 4.78 is 5.13. The summed E-state index contributed by atoms with van der Waals surface area (Å²) in [4.78, 5) is 41.0. The molecule has 3 rings (SSSR count). The van der Waals surface area contributed by atoms with Crippen LogP contribution in [0.15, 0.2) is 48.5 Å². The molecule has 1 atom stereocenters. The van der Waals surface area contributed by atoms with E-state index in [-0.39, 0.29) is 23.6 Å². The van der Waals surface area contributed by atoms with Gasteiger partial charge < -0.3 is 20.3 Å². The van der Waals surface area contributed by atoms with E-state index in [1.807, 2.05) is 18.7 Å². The van der Waals surface area contributed by atoms with E-state index < -0.39 is 6.04 Å². The minimum Gasteiger partial charge on any atom is -0.497 e.